The minimum atomic E-state index is -0.204. The van der Waals surface area contributed by atoms with Crippen molar-refractivity contribution in [1.29, 1.82) is 0 Å². The van der Waals surface area contributed by atoms with Gasteiger partial charge in [0, 0.05) is 26.6 Å². The van der Waals surface area contributed by atoms with Crippen LogP contribution in [0.4, 0.5) is 0 Å². The molecular weight excluding hydrogens is 466 g/mol. The summed E-state index contributed by atoms with van der Waals surface area (Å²) in [5, 5.41) is 2.94. The minimum absolute atomic E-state index is 0.0596. The first-order chi connectivity index (χ1) is 18.0. The Morgan fingerprint density at radius 3 is 2.57 bits per heavy atom. The summed E-state index contributed by atoms with van der Waals surface area (Å²) in [6.45, 7) is 8.29. The van der Waals surface area contributed by atoms with Crippen LogP contribution in [-0.4, -0.2) is 54.3 Å². The largest absolute Gasteiger partial charge is 0.486 e. The van der Waals surface area contributed by atoms with Gasteiger partial charge in [0.25, 0.3) is 5.91 Å². The highest BCUT2D eigenvalue weighted by molar-refractivity contribution is 5.91. The van der Waals surface area contributed by atoms with E-state index >= 15 is 0 Å². The Morgan fingerprint density at radius 1 is 1.03 bits per heavy atom. The first-order valence-corrected chi connectivity index (χ1v) is 13.2. The molecule has 5 rings (SSSR count). The smallest absolute Gasteiger partial charge is 0.287 e. The standard InChI is InChI=1S/C30H35N3O4/c1-21-5-7-24(8-6-21)29-27-19-25(10-9-23(27)13-17-33(29)22(2)34)36-20-26-11-12-28(37-26)30(35)31-14-18-32-15-3-4-16-32/h5-12,19,29H,3-4,13-18,20H2,1-2H3,(H,31,35). The number of fused-ring (bicyclic) bond motifs is 1. The van der Waals surface area contributed by atoms with Gasteiger partial charge in [0.1, 0.15) is 18.1 Å². The molecule has 0 aliphatic carbocycles. The number of nitrogens with zero attached hydrogens (tertiary/aromatic N) is 2. The van der Waals surface area contributed by atoms with E-state index in [2.05, 4.69) is 47.5 Å². The zero-order valence-corrected chi connectivity index (χ0v) is 21.7. The van der Waals surface area contributed by atoms with Crippen LogP contribution in [0.5, 0.6) is 5.75 Å². The van der Waals surface area contributed by atoms with Crippen molar-refractivity contribution in [2.24, 2.45) is 0 Å². The van der Waals surface area contributed by atoms with Gasteiger partial charge in [-0.2, -0.15) is 0 Å². The molecule has 2 aliphatic rings. The second kappa shape index (κ2) is 11.2. The zero-order valence-electron chi connectivity index (χ0n) is 21.7. The number of aryl methyl sites for hydroxylation is 1. The van der Waals surface area contributed by atoms with Crippen LogP contribution < -0.4 is 10.1 Å². The zero-order chi connectivity index (χ0) is 25.8. The lowest BCUT2D eigenvalue weighted by molar-refractivity contribution is -0.130. The van der Waals surface area contributed by atoms with Crippen molar-refractivity contribution in [2.45, 2.75) is 45.8 Å². The number of likely N-dealkylation sites (tertiary alicyclic amines) is 1. The number of furan rings is 1. The number of carbonyl (C=O) groups excluding carboxylic acids is 2. The molecule has 0 bridgehead atoms. The van der Waals surface area contributed by atoms with Gasteiger partial charge in [-0.25, -0.2) is 0 Å². The van der Waals surface area contributed by atoms with E-state index in [0.29, 0.717) is 30.4 Å². The SMILES string of the molecule is CC(=O)N1CCc2ccc(OCc3ccc(C(=O)NCCN4CCCC4)o3)cc2C1c1ccc(C)cc1. The Morgan fingerprint density at radius 2 is 1.81 bits per heavy atom. The topological polar surface area (TPSA) is 75.0 Å². The average Bonchev–Trinajstić information content (AvgIpc) is 3.60. The van der Waals surface area contributed by atoms with E-state index in [1.165, 1.54) is 24.0 Å². The Bertz CT molecular complexity index is 1240. The number of benzene rings is 2. The molecule has 2 amide bonds. The predicted molar refractivity (Wildman–Crippen MR) is 142 cm³/mol. The van der Waals surface area contributed by atoms with E-state index in [1.54, 1.807) is 19.1 Å². The second-order valence-electron chi connectivity index (χ2n) is 10.00. The molecule has 0 spiro atoms. The normalized spacial score (nSPS) is 17.5. The van der Waals surface area contributed by atoms with Crippen LogP contribution >= 0.6 is 0 Å². The summed E-state index contributed by atoms with van der Waals surface area (Å²) in [6.07, 6.45) is 3.29. The first kappa shape index (κ1) is 25.1. The van der Waals surface area contributed by atoms with Gasteiger partial charge in [-0.1, -0.05) is 35.9 Å². The highest BCUT2D eigenvalue weighted by Crippen LogP contribution is 2.37. The van der Waals surface area contributed by atoms with Crippen molar-refractivity contribution in [3.05, 3.63) is 88.4 Å². The quantitative estimate of drug-likeness (QED) is 0.492. The molecule has 7 nitrogen and oxygen atoms in total. The summed E-state index contributed by atoms with van der Waals surface area (Å²) >= 11 is 0. The molecule has 1 unspecified atom stereocenters. The fourth-order valence-electron chi connectivity index (χ4n) is 5.28. The average molecular weight is 502 g/mol. The number of ether oxygens (including phenoxy) is 1. The summed E-state index contributed by atoms with van der Waals surface area (Å²) in [5.74, 6) is 1.44. The molecule has 7 heteroatoms. The number of nitrogens with one attached hydrogen (secondary N) is 1. The summed E-state index contributed by atoms with van der Waals surface area (Å²) in [5.41, 5.74) is 4.58. The monoisotopic (exact) mass is 501 g/mol. The third kappa shape index (κ3) is 5.88. The molecule has 2 aliphatic heterocycles. The van der Waals surface area contributed by atoms with E-state index in [9.17, 15) is 9.59 Å². The van der Waals surface area contributed by atoms with E-state index in [4.69, 9.17) is 9.15 Å². The number of amides is 2. The van der Waals surface area contributed by atoms with Crippen molar-refractivity contribution >= 4 is 11.8 Å². The van der Waals surface area contributed by atoms with Crippen molar-refractivity contribution < 1.29 is 18.7 Å². The van der Waals surface area contributed by atoms with Crippen molar-refractivity contribution in [1.82, 2.24) is 15.1 Å². The number of hydrogen-bond donors (Lipinski definition) is 1. The predicted octanol–water partition coefficient (Wildman–Crippen LogP) is 4.49. The number of carbonyl (C=O) groups is 2. The summed E-state index contributed by atoms with van der Waals surface area (Å²) in [4.78, 5) is 29.2. The van der Waals surface area contributed by atoms with E-state index in [-0.39, 0.29) is 24.5 Å². The van der Waals surface area contributed by atoms with Crippen LogP contribution in [-0.2, 0) is 17.8 Å². The molecule has 2 aromatic carbocycles. The molecule has 1 fully saturated rings. The van der Waals surface area contributed by atoms with E-state index < -0.39 is 0 Å². The molecule has 1 aromatic heterocycles. The van der Waals surface area contributed by atoms with Crippen molar-refractivity contribution in [2.75, 3.05) is 32.7 Å². The van der Waals surface area contributed by atoms with Gasteiger partial charge in [-0.05, 0) is 80.2 Å². The van der Waals surface area contributed by atoms with Crippen molar-refractivity contribution in [3.63, 3.8) is 0 Å². The van der Waals surface area contributed by atoms with Crippen LogP contribution in [0, 0.1) is 6.92 Å². The molecule has 1 N–H and O–H groups in total. The lowest BCUT2D eigenvalue weighted by Gasteiger charge is -2.37. The second-order valence-corrected chi connectivity index (χ2v) is 10.00. The van der Waals surface area contributed by atoms with E-state index in [1.807, 2.05) is 17.0 Å². The molecule has 1 saturated heterocycles. The molecule has 0 radical (unpaired) electrons. The molecule has 194 valence electrons. The van der Waals surface area contributed by atoms with Gasteiger partial charge in [0.05, 0.1) is 6.04 Å². The highest BCUT2D eigenvalue weighted by atomic mass is 16.5. The van der Waals surface area contributed by atoms with Crippen LogP contribution in [0.1, 0.15) is 64.4 Å². The van der Waals surface area contributed by atoms with Gasteiger partial charge >= 0.3 is 0 Å². The lowest BCUT2D eigenvalue weighted by atomic mass is 9.87. The molecular formula is C30H35N3O4. The Hall–Kier alpha value is -3.58. The van der Waals surface area contributed by atoms with E-state index in [0.717, 1.165) is 37.2 Å². The Kier molecular flexibility index (Phi) is 7.60. The van der Waals surface area contributed by atoms with Crippen LogP contribution in [0.2, 0.25) is 0 Å². The van der Waals surface area contributed by atoms with Crippen LogP contribution in [0.15, 0.2) is 59.0 Å². The molecule has 0 saturated carbocycles. The first-order valence-electron chi connectivity index (χ1n) is 13.2. The lowest BCUT2D eigenvalue weighted by Crippen LogP contribution is -2.39. The van der Waals surface area contributed by atoms with Gasteiger partial charge in [-0.15, -0.1) is 0 Å². The summed E-state index contributed by atoms with van der Waals surface area (Å²) in [7, 11) is 0. The molecule has 37 heavy (non-hydrogen) atoms. The Labute approximate surface area is 218 Å². The number of rotatable bonds is 8. The van der Waals surface area contributed by atoms with Crippen LogP contribution in [0.25, 0.3) is 0 Å². The maximum absolute atomic E-state index is 12.5. The Balaban J connectivity index is 1.25. The highest BCUT2D eigenvalue weighted by Gasteiger charge is 2.30. The van der Waals surface area contributed by atoms with Crippen LogP contribution in [0.3, 0.4) is 0 Å². The maximum Gasteiger partial charge on any atom is 0.287 e. The molecule has 3 aromatic rings. The van der Waals surface area contributed by atoms with Gasteiger partial charge in [0.2, 0.25) is 5.91 Å². The fraction of sp³-hybridized carbons (Fsp3) is 0.400. The molecule has 3 heterocycles. The third-order valence-electron chi connectivity index (χ3n) is 7.32. The maximum atomic E-state index is 12.5. The fourth-order valence-corrected chi connectivity index (χ4v) is 5.28. The minimum Gasteiger partial charge on any atom is -0.486 e. The molecule has 1 atom stereocenters. The number of hydrogen-bond acceptors (Lipinski definition) is 5. The van der Waals surface area contributed by atoms with Gasteiger partial charge in [-0.3, -0.25) is 9.59 Å². The van der Waals surface area contributed by atoms with Gasteiger partial charge < -0.3 is 24.3 Å². The van der Waals surface area contributed by atoms with Gasteiger partial charge in [0.15, 0.2) is 5.76 Å². The summed E-state index contributed by atoms with van der Waals surface area (Å²) in [6, 6.07) is 17.8. The van der Waals surface area contributed by atoms with Crippen molar-refractivity contribution in [3.8, 4) is 5.75 Å². The summed E-state index contributed by atoms with van der Waals surface area (Å²) < 4.78 is 11.8. The third-order valence-corrected chi connectivity index (χ3v) is 7.32.